The highest BCUT2D eigenvalue weighted by atomic mass is 79.9. The van der Waals surface area contributed by atoms with E-state index < -0.39 is 5.79 Å². The van der Waals surface area contributed by atoms with Gasteiger partial charge in [-0.05, 0) is 37.7 Å². The van der Waals surface area contributed by atoms with E-state index in [0.29, 0.717) is 0 Å². The fourth-order valence-electron chi connectivity index (χ4n) is 1.74. The molecule has 0 unspecified atom stereocenters. The quantitative estimate of drug-likeness (QED) is 0.926. The molecule has 0 atom stereocenters. The van der Waals surface area contributed by atoms with E-state index in [-0.39, 0.29) is 0 Å². The minimum atomic E-state index is -0.552. The Labute approximate surface area is 104 Å². The Balaban J connectivity index is 2.26. The second-order valence-electron chi connectivity index (χ2n) is 4.35. The second kappa shape index (κ2) is 4.26. The van der Waals surface area contributed by atoms with Gasteiger partial charge in [-0.3, -0.25) is 0 Å². The average Bonchev–Trinajstić information content (AvgIpc) is 2.47. The predicted octanol–water partition coefficient (Wildman–Crippen LogP) is 2.72. The average molecular weight is 286 g/mol. The van der Waals surface area contributed by atoms with E-state index in [0.717, 1.165) is 28.9 Å². The molecule has 3 nitrogen and oxygen atoms in total. The molecule has 0 saturated carbocycles. The summed E-state index contributed by atoms with van der Waals surface area (Å²) in [6, 6.07) is 4.03. The van der Waals surface area contributed by atoms with Crippen LogP contribution < -0.4 is 14.8 Å². The molecule has 2 rings (SSSR count). The molecule has 0 radical (unpaired) electrons. The maximum atomic E-state index is 5.71. The van der Waals surface area contributed by atoms with Crippen LogP contribution in [0.3, 0.4) is 0 Å². The van der Waals surface area contributed by atoms with Crippen molar-refractivity contribution in [1.29, 1.82) is 0 Å². The normalized spacial score (nSPS) is 16.5. The van der Waals surface area contributed by atoms with Gasteiger partial charge in [0, 0.05) is 18.3 Å². The molecule has 1 N–H and O–H groups in total. The molecule has 0 amide bonds. The zero-order valence-electron chi connectivity index (χ0n) is 9.76. The number of hydrogen-bond donors (Lipinski definition) is 1. The molecule has 1 aliphatic rings. The van der Waals surface area contributed by atoms with Crippen LogP contribution in [0.2, 0.25) is 0 Å². The van der Waals surface area contributed by atoms with Gasteiger partial charge in [0.1, 0.15) is 0 Å². The summed E-state index contributed by atoms with van der Waals surface area (Å²) in [5, 5.41) is 3.13. The summed E-state index contributed by atoms with van der Waals surface area (Å²) in [6.07, 6.45) is 0.966. The summed E-state index contributed by atoms with van der Waals surface area (Å²) in [5.41, 5.74) is 1.23. The number of halogens is 1. The Morgan fingerprint density at radius 2 is 1.88 bits per heavy atom. The van der Waals surface area contributed by atoms with Crippen molar-refractivity contribution in [1.82, 2.24) is 5.32 Å². The summed E-state index contributed by atoms with van der Waals surface area (Å²) in [6.45, 7) is 4.77. The first-order valence-corrected chi connectivity index (χ1v) is 6.16. The van der Waals surface area contributed by atoms with Gasteiger partial charge >= 0.3 is 0 Å². The van der Waals surface area contributed by atoms with Gasteiger partial charge in [0.15, 0.2) is 11.5 Å². The van der Waals surface area contributed by atoms with Crippen molar-refractivity contribution in [3.05, 3.63) is 22.2 Å². The number of likely N-dealkylation sites (N-methyl/N-ethyl adjacent to an activating group) is 1. The van der Waals surface area contributed by atoms with E-state index in [1.807, 2.05) is 33.0 Å². The van der Waals surface area contributed by atoms with Gasteiger partial charge in [-0.1, -0.05) is 15.9 Å². The van der Waals surface area contributed by atoms with Gasteiger partial charge in [0.2, 0.25) is 5.79 Å². The van der Waals surface area contributed by atoms with Crippen LogP contribution in [0.1, 0.15) is 19.4 Å². The van der Waals surface area contributed by atoms with E-state index in [2.05, 4.69) is 21.2 Å². The van der Waals surface area contributed by atoms with Gasteiger partial charge in [-0.2, -0.15) is 0 Å². The molecule has 0 spiro atoms. The van der Waals surface area contributed by atoms with Crippen molar-refractivity contribution >= 4 is 15.9 Å². The Bertz CT molecular complexity index is 404. The highest BCUT2D eigenvalue weighted by molar-refractivity contribution is 9.10. The van der Waals surface area contributed by atoms with Crippen molar-refractivity contribution < 1.29 is 9.47 Å². The summed E-state index contributed by atoms with van der Waals surface area (Å²) in [4.78, 5) is 0. The lowest BCUT2D eigenvalue weighted by Gasteiger charge is -2.16. The number of ether oxygens (including phenoxy) is 2. The van der Waals surface area contributed by atoms with Crippen LogP contribution in [-0.2, 0) is 6.42 Å². The van der Waals surface area contributed by atoms with E-state index >= 15 is 0 Å². The SMILES string of the molecule is CNCCc1cc2c(cc1Br)OC(C)(C)O2. The van der Waals surface area contributed by atoms with Crippen LogP contribution in [0.25, 0.3) is 0 Å². The minimum Gasteiger partial charge on any atom is -0.449 e. The fourth-order valence-corrected chi connectivity index (χ4v) is 2.26. The summed E-state index contributed by atoms with van der Waals surface area (Å²) in [7, 11) is 1.95. The van der Waals surface area contributed by atoms with Crippen molar-refractivity contribution in [2.75, 3.05) is 13.6 Å². The highest BCUT2D eigenvalue weighted by Gasteiger charge is 2.32. The van der Waals surface area contributed by atoms with Gasteiger partial charge in [-0.25, -0.2) is 0 Å². The number of rotatable bonds is 3. The topological polar surface area (TPSA) is 30.5 Å². The number of benzene rings is 1. The van der Waals surface area contributed by atoms with Crippen LogP contribution in [0.15, 0.2) is 16.6 Å². The van der Waals surface area contributed by atoms with Crippen molar-refractivity contribution in [2.45, 2.75) is 26.1 Å². The van der Waals surface area contributed by atoms with E-state index in [9.17, 15) is 0 Å². The monoisotopic (exact) mass is 285 g/mol. The molecule has 1 aliphatic heterocycles. The van der Waals surface area contributed by atoms with Crippen molar-refractivity contribution in [3.63, 3.8) is 0 Å². The Kier molecular flexibility index (Phi) is 3.13. The van der Waals surface area contributed by atoms with Crippen LogP contribution in [0.4, 0.5) is 0 Å². The zero-order chi connectivity index (χ0) is 11.8. The summed E-state index contributed by atoms with van der Waals surface area (Å²) < 4.78 is 12.4. The fraction of sp³-hybridized carbons (Fsp3) is 0.500. The van der Waals surface area contributed by atoms with Gasteiger partial charge < -0.3 is 14.8 Å². The van der Waals surface area contributed by atoms with Crippen LogP contribution in [0.5, 0.6) is 11.5 Å². The van der Waals surface area contributed by atoms with Crippen LogP contribution >= 0.6 is 15.9 Å². The lowest BCUT2D eigenvalue weighted by atomic mass is 10.1. The standard InChI is InChI=1S/C12H16BrNO2/c1-12(2)15-10-6-8(4-5-14-3)9(13)7-11(10)16-12/h6-7,14H,4-5H2,1-3H3. The van der Waals surface area contributed by atoms with E-state index in [1.54, 1.807) is 0 Å². The zero-order valence-corrected chi connectivity index (χ0v) is 11.3. The third-order valence-electron chi connectivity index (χ3n) is 2.47. The molecule has 1 aromatic rings. The maximum absolute atomic E-state index is 5.71. The molecule has 0 bridgehead atoms. The molecule has 88 valence electrons. The molecule has 4 heteroatoms. The Hall–Kier alpha value is -0.740. The predicted molar refractivity (Wildman–Crippen MR) is 67.1 cm³/mol. The molecule has 0 aromatic heterocycles. The third kappa shape index (κ3) is 2.33. The van der Waals surface area contributed by atoms with Crippen molar-refractivity contribution in [2.24, 2.45) is 0 Å². The third-order valence-corrected chi connectivity index (χ3v) is 3.21. The van der Waals surface area contributed by atoms with Crippen LogP contribution in [-0.4, -0.2) is 19.4 Å². The Morgan fingerprint density at radius 1 is 1.25 bits per heavy atom. The highest BCUT2D eigenvalue weighted by Crippen LogP contribution is 2.42. The largest absolute Gasteiger partial charge is 0.449 e. The summed E-state index contributed by atoms with van der Waals surface area (Å²) in [5.74, 6) is 1.09. The Morgan fingerprint density at radius 3 is 2.50 bits per heavy atom. The van der Waals surface area contributed by atoms with E-state index in [4.69, 9.17) is 9.47 Å². The number of hydrogen-bond acceptors (Lipinski definition) is 3. The van der Waals surface area contributed by atoms with Gasteiger partial charge in [0.05, 0.1) is 0 Å². The summed E-state index contributed by atoms with van der Waals surface area (Å²) >= 11 is 3.55. The molecule has 0 fully saturated rings. The number of fused-ring (bicyclic) bond motifs is 1. The van der Waals surface area contributed by atoms with Crippen molar-refractivity contribution in [3.8, 4) is 11.5 Å². The molecule has 0 saturated heterocycles. The maximum Gasteiger partial charge on any atom is 0.246 e. The molecule has 16 heavy (non-hydrogen) atoms. The first-order chi connectivity index (χ1) is 7.52. The second-order valence-corrected chi connectivity index (χ2v) is 5.20. The molecular weight excluding hydrogens is 270 g/mol. The molecular formula is C12H16BrNO2. The first kappa shape index (κ1) is 11.7. The van der Waals surface area contributed by atoms with E-state index in [1.165, 1.54) is 5.56 Å². The van der Waals surface area contributed by atoms with Crippen LogP contribution in [0, 0.1) is 0 Å². The molecule has 1 aromatic carbocycles. The lowest BCUT2D eigenvalue weighted by molar-refractivity contribution is -0.0431. The minimum absolute atomic E-state index is 0.552. The number of nitrogens with one attached hydrogen (secondary N) is 1. The lowest BCUT2D eigenvalue weighted by Crippen LogP contribution is -2.29. The smallest absolute Gasteiger partial charge is 0.246 e. The molecule has 1 heterocycles. The molecule has 0 aliphatic carbocycles. The first-order valence-electron chi connectivity index (χ1n) is 5.37. The van der Waals surface area contributed by atoms with Gasteiger partial charge in [-0.15, -0.1) is 0 Å². The van der Waals surface area contributed by atoms with Gasteiger partial charge in [0.25, 0.3) is 0 Å².